The fourth-order valence-corrected chi connectivity index (χ4v) is 2.77. The van der Waals surface area contributed by atoms with Crippen molar-refractivity contribution in [3.8, 4) is 0 Å². The van der Waals surface area contributed by atoms with Crippen molar-refractivity contribution in [2.45, 2.75) is 47.0 Å². The molecular formula is C23H30N2O2. The van der Waals surface area contributed by atoms with E-state index in [1.54, 1.807) is 6.08 Å². The maximum Gasteiger partial charge on any atom is 0.338 e. The molecule has 1 heterocycles. The van der Waals surface area contributed by atoms with Gasteiger partial charge in [0.2, 0.25) is 0 Å². The Morgan fingerprint density at radius 1 is 1.22 bits per heavy atom. The second-order valence-corrected chi connectivity index (χ2v) is 7.10. The van der Waals surface area contributed by atoms with Crippen LogP contribution in [0.2, 0.25) is 0 Å². The van der Waals surface area contributed by atoms with Crippen molar-refractivity contribution < 1.29 is 9.53 Å². The quantitative estimate of drug-likeness (QED) is 0.546. The van der Waals surface area contributed by atoms with Crippen LogP contribution in [0.25, 0.3) is 0 Å². The number of aliphatic imine (C=N–C) groups is 1. The summed E-state index contributed by atoms with van der Waals surface area (Å²) in [5, 5.41) is 3.35. The number of amidine groups is 1. The molecule has 27 heavy (non-hydrogen) atoms. The molecule has 0 radical (unpaired) electrons. The van der Waals surface area contributed by atoms with Crippen molar-refractivity contribution in [2.75, 3.05) is 13.2 Å². The van der Waals surface area contributed by atoms with Crippen LogP contribution in [0.15, 0.2) is 53.1 Å². The highest BCUT2D eigenvalue weighted by atomic mass is 16.5. The van der Waals surface area contributed by atoms with Gasteiger partial charge in [0.25, 0.3) is 0 Å². The Balaban J connectivity index is 2.08. The number of allylic oxidation sites excluding steroid dienone is 4. The van der Waals surface area contributed by atoms with Gasteiger partial charge in [-0.25, -0.2) is 9.79 Å². The van der Waals surface area contributed by atoms with Crippen molar-refractivity contribution >= 4 is 17.5 Å². The lowest BCUT2D eigenvalue weighted by Crippen LogP contribution is -2.28. The number of esters is 1. The number of ether oxygens (including phenoxy) is 1. The Kier molecular flexibility index (Phi) is 7.59. The summed E-state index contributed by atoms with van der Waals surface area (Å²) in [7, 11) is 0. The minimum Gasteiger partial charge on any atom is -0.458 e. The summed E-state index contributed by atoms with van der Waals surface area (Å²) in [5.74, 6) is 0.727. The Morgan fingerprint density at radius 3 is 2.67 bits per heavy atom. The summed E-state index contributed by atoms with van der Waals surface area (Å²) in [6, 6.07) is 3.84. The zero-order chi connectivity index (χ0) is 19.8. The number of carbonyl (C=O) groups is 1. The van der Waals surface area contributed by atoms with E-state index in [1.165, 1.54) is 12.8 Å². The van der Waals surface area contributed by atoms with Gasteiger partial charge < -0.3 is 10.1 Å². The van der Waals surface area contributed by atoms with Gasteiger partial charge >= 0.3 is 5.97 Å². The lowest BCUT2D eigenvalue weighted by molar-refractivity contribution is 0.0539. The second-order valence-electron chi connectivity index (χ2n) is 7.10. The highest BCUT2D eigenvalue weighted by Crippen LogP contribution is 2.25. The van der Waals surface area contributed by atoms with Crippen LogP contribution in [-0.4, -0.2) is 25.0 Å². The summed E-state index contributed by atoms with van der Waals surface area (Å²) in [5.41, 5.74) is 5.41. The molecule has 2 rings (SSSR count). The molecule has 1 saturated heterocycles. The maximum absolute atomic E-state index is 12.5. The Hall–Kier alpha value is -2.62. The minimum atomic E-state index is -0.303. The first-order chi connectivity index (χ1) is 12.9. The fourth-order valence-electron chi connectivity index (χ4n) is 2.77. The number of nitrogens with zero attached hydrogens (tertiary/aromatic N) is 1. The van der Waals surface area contributed by atoms with Crippen LogP contribution in [0.1, 0.15) is 54.6 Å². The molecule has 4 heteroatoms. The zero-order valence-corrected chi connectivity index (χ0v) is 16.9. The van der Waals surface area contributed by atoms with Crippen molar-refractivity contribution in [1.29, 1.82) is 0 Å². The van der Waals surface area contributed by atoms with E-state index in [9.17, 15) is 4.79 Å². The van der Waals surface area contributed by atoms with Crippen molar-refractivity contribution in [3.63, 3.8) is 0 Å². The second kappa shape index (κ2) is 9.91. The number of hydrogen-bond acceptors (Lipinski definition) is 3. The molecule has 0 spiro atoms. The molecule has 1 aromatic carbocycles. The predicted octanol–water partition coefficient (Wildman–Crippen LogP) is 5.34. The summed E-state index contributed by atoms with van der Waals surface area (Å²) in [6.07, 6.45) is 9.03. The molecule has 1 aromatic rings. The smallest absolute Gasteiger partial charge is 0.338 e. The number of aryl methyl sites for hydroxylation is 2. The summed E-state index contributed by atoms with van der Waals surface area (Å²) < 4.78 is 5.47. The number of hydrogen-bond donors (Lipinski definition) is 1. The molecule has 0 atom stereocenters. The van der Waals surface area contributed by atoms with Gasteiger partial charge in [0, 0.05) is 13.0 Å². The summed E-state index contributed by atoms with van der Waals surface area (Å²) >= 11 is 0. The van der Waals surface area contributed by atoms with Gasteiger partial charge in [-0.1, -0.05) is 30.4 Å². The average molecular weight is 367 g/mol. The van der Waals surface area contributed by atoms with Crippen LogP contribution in [-0.2, 0) is 4.74 Å². The minimum absolute atomic E-state index is 0.270. The van der Waals surface area contributed by atoms with Gasteiger partial charge in [-0.15, -0.1) is 0 Å². The van der Waals surface area contributed by atoms with E-state index in [0.717, 1.165) is 46.8 Å². The topological polar surface area (TPSA) is 50.7 Å². The monoisotopic (exact) mass is 366 g/mol. The van der Waals surface area contributed by atoms with Crippen molar-refractivity contribution in [3.05, 3.63) is 64.8 Å². The lowest BCUT2D eigenvalue weighted by Gasteiger charge is -2.16. The molecule has 1 aliphatic rings. The molecule has 0 saturated carbocycles. The standard InChI is InChI=1S/C23H30N2O2/c1-6-16(2)10-11-17(3)15-27-23(26)20-13-19(5)21(14-18(20)4)25-22-9-7-8-12-24-22/h6,10-11,13-14H,1,7-9,12,15H2,2-5H3,(H,24,25)/b16-10-,17-11+. The van der Waals surface area contributed by atoms with Crippen LogP contribution < -0.4 is 5.32 Å². The molecule has 4 nitrogen and oxygen atoms in total. The molecule has 0 amide bonds. The van der Waals surface area contributed by atoms with E-state index in [4.69, 9.17) is 9.73 Å². The number of nitrogens with one attached hydrogen (secondary N) is 1. The maximum atomic E-state index is 12.5. The van der Waals surface area contributed by atoms with E-state index < -0.39 is 0 Å². The van der Waals surface area contributed by atoms with Gasteiger partial charge in [0.1, 0.15) is 12.4 Å². The molecule has 0 aliphatic carbocycles. The lowest BCUT2D eigenvalue weighted by atomic mass is 10.0. The highest BCUT2D eigenvalue weighted by Gasteiger charge is 2.14. The Labute approximate surface area is 162 Å². The SMILES string of the molecule is C=C/C(C)=C\C=C(/C)COC(=O)c1cc(C)c(/N=C2\CCCCN2)cc1C. The predicted molar refractivity (Wildman–Crippen MR) is 113 cm³/mol. The Bertz CT molecular complexity index is 793. The number of piperidine rings is 1. The fraction of sp³-hybridized carbons (Fsp3) is 0.391. The van der Waals surface area contributed by atoms with Crippen LogP contribution in [0.5, 0.6) is 0 Å². The third kappa shape index (κ3) is 6.24. The van der Waals surface area contributed by atoms with Crippen LogP contribution in [0, 0.1) is 13.8 Å². The van der Waals surface area contributed by atoms with E-state index in [0.29, 0.717) is 5.56 Å². The number of rotatable bonds is 6. The van der Waals surface area contributed by atoms with Gasteiger partial charge in [-0.3, -0.25) is 0 Å². The molecule has 1 N–H and O–H groups in total. The molecule has 0 bridgehead atoms. The van der Waals surface area contributed by atoms with Crippen molar-refractivity contribution in [2.24, 2.45) is 4.99 Å². The van der Waals surface area contributed by atoms with Crippen LogP contribution in [0.4, 0.5) is 5.69 Å². The molecular weight excluding hydrogens is 336 g/mol. The van der Waals surface area contributed by atoms with Gasteiger partial charge in [-0.2, -0.15) is 0 Å². The van der Waals surface area contributed by atoms with E-state index in [1.807, 2.05) is 52.0 Å². The highest BCUT2D eigenvalue weighted by molar-refractivity contribution is 5.92. The first-order valence-electron chi connectivity index (χ1n) is 9.47. The normalized spacial score (nSPS) is 16.8. The first-order valence-corrected chi connectivity index (χ1v) is 9.47. The first kappa shape index (κ1) is 20.7. The summed E-state index contributed by atoms with van der Waals surface area (Å²) in [6.45, 7) is 12.8. The third-order valence-corrected chi connectivity index (χ3v) is 4.57. The molecule has 0 aromatic heterocycles. The number of carbonyl (C=O) groups excluding carboxylic acids is 1. The summed E-state index contributed by atoms with van der Waals surface area (Å²) in [4.78, 5) is 17.2. The van der Waals surface area contributed by atoms with E-state index in [-0.39, 0.29) is 12.6 Å². The molecule has 1 fully saturated rings. The van der Waals surface area contributed by atoms with Crippen molar-refractivity contribution in [1.82, 2.24) is 5.32 Å². The van der Waals surface area contributed by atoms with Gasteiger partial charge in [-0.05, 0) is 69.4 Å². The third-order valence-electron chi connectivity index (χ3n) is 4.57. The van der Waals surface area contributed by atoms with Crippen LogP contribution >= 0.6 is 0 Å². The largest absolute Gasteiger partial charge is 0.458 e. The zero-order valence-electron chi connectivity index (χ0n) is 16.9. The average Bonchev–Trinajstić information content (AvgIpc) is 2.67. The van der Waals surface area contributed by atoms with E-state index >= 15 is 0 Å². The molecule has 0 unspecified atom stereocenters. The number of benzene rings is 1. The molecule has 1 aliphatic heterocycles. The van der Waals surface area contributed by atoms with Crippen LogP contribution in [0.3, 0.4) is 0 Å². The molecule has 144 valence electrons. The van der Waals surface area contributed by atoms with E-state index in [2.05, 4.69) is 11.9 Å². The van der Waals surface area contributed by atoms with Gasteiger partial charge in [0.15, 0.2) is 0 Å². The van der Waals surface area contributed by atoms with Gasteiger partial charge in [0.05, 0.1) is 11.3 Å². The Morgan fingerprint density at radius 2 is 2.00 bits per heavy atom.